The van der Waals surface area contributed by atoms with Gasteiger partial charge < -0.3 is 11.1 Å². The van der Waals surface area contributed by atoms with Crippen LogP contribution in [0.5, 0.6) is 0 Å². The predicted molar refractivity (Wildman–Crippen MR) is 64.4 cm³/mol. The molecule has 0 aliphatic heterocycles. The zero-order chi connectivity index (χ0) is 18.1. The smallest absolute Gasteiger partial charge is 0.324 e. The van der Waals surface area contributed by atoms with Gasteiger partial charge in [-0.2, -0.15) is 30.7 Å². The zero-order valence-electron chi connectivity index (χ0n) is 11.1. The Labute approximate surface area is 124 Å². The molecule has 0 atom stereocenters. The fourth-order valence-electron chi connectivity index (χ4n) is 1.39. The number of Topliss-reactive ketones (excluding diaryl/α,β-unsaturated/α-hetero) is 1. The Morgan fingerprint density at radius 1 is 0.957 bits per heavy atom. The second kappa shape index (κ2) is 6.14. The lowest BCUT2D eigenvalue weighted by atomic mass is 10.1. The summed E-state index contributed by atoms with van der Waals surface area (Å²) >= 11 is 0. The molecule has 11 heteroatoms. The zero-order valence-corrected chi connectivity index (χ0v) is 11.1. The van der Waals surface area contributed by atoms with Crippen LogP contribution in [0.15, 0.2) is 24.3 Å². The summed E-state index contributed by atoms with van der Waals surface area (Å²) in [6.07, 6.45) is -6.61. The molecule has 1 aromatic carbocycles. The number of alkyl halides is 7. The maximum Gasteiger partial charge on any atom is 0.460 e. The number of hydrogen-bond acceptors (Lipinski definition) is 3. The third-order valence-corrected chi connectivity index (χ3v) is 2.69. The normalized spacial score (nSPS) is 12.9. The van der Waals surface area contributed by atoms with Crippen molar-refractivity contribution in [3.63, 3.8) is 0 Å². The first kappa shape index (κ1) is 18.9. The van der Waals surface area contributed by atoms with Crippen molar-refractivity contribution in [3.8, 4) is 0 Å². The van der Waals surface area contributed by atoms with E-state index in [0.717, 1.165) is 24.3 Å². The van der Waals surface area contributed by atoms with Crippen molar-refractivity contribution in [2.24, 2.45) is 5.73 Å². The quantitative estimate of drug-likeness (QED) is 0.636. The van der Waals surface area contributed by atoms with E-state index in [1.165, 1.54) is 5.32 Å². The molecular weight excluding hydrogens is 337 g/mol. The highest BCUT2D eigenvalue weighted by atomic mass is 19.4. The first-order chi connectivity index (χ1) is 10.3. The van der Waals surface area contributed by atoms with Crippen molar-refractivity contribution < 1.29 is 40.3 Å². The Kier molecular flexibility index (Phi) is 5.04. The maximum atomic E-state index is 13.1. The van der Waals surface area contributed by atoms with Crippen LogP contribution in [0.4, 0.5) is 36.4 Å². The van der Waals surface area contributed by atoms with Crippen LogP contribution in [-0.2, 0) is 4.79 Å². The van der Waals surface area contributed by atoms with E-state index in [1.807, 2.05) is 0 Å². The number of nitrogens with one attached hydrogen (secondary N) is 1. The fourth-order valence-corrected chi connectivity index (χ4v) is 1.39. The number of hydrogen-bond donors (Lipinski definition) is 2. The van der Waals surface area contributed by atoms with Crippen molar-refractivity contribution in [3.05, 3.63) is 29.8 Å². The summed E-state index contributed by atoms with van der Waals surface area (Å²) in [5, 5.41) is 1.23. The Balaban J connectivity index is 2.97. The lowest BCUT2D eigenvalue weighted by molar-refractivity contribution is -0.343. The Hall–Kier alpha value is -2.17. The lowest BCUT2D eigenvalue weighted by Gasteiger charge is -2.27. The van der Waals surface area contributed by atoms with Gasteiger partial charge >= 0.3 is 23.9 Å². The van der Waals surface area contributed by atoms with Crippen LogP contribution in [0.25, 0.3) is 0 Å². The molecule has 0 saturated heterocycles. The minimum atomic E-state index is -6.61. The topological polar surface area (TPSA) is 72.2 Å². The number of anilines is 1. The number of nitrogens with two attached hydrogens (primary N) is 1. The SMILES string of the molecule is NCC(=O)c1ccc(NC(=O)C(F)(F)C(F)(F)C(F)(F)F)cc1. The highest BCUT2D eigenvalue weighted by molar-refractivity contribution is 5.99. The van der Waals surface area contributed by atoms with Crippen LogP contribution < -0.4 is 11.1 Å². The van der Waals surface area contributed by atoms with Crippen LogP contribution in [-0.4, -0.2) is 36.3 Å². The summed E-state index contributed by atoms with van der Waals surface area (Å²) in [4.78, 5) is 22.3. The Morgan fingerprint density at radius 2 is 1.43 bits per heavy atom. The van der Waals surface area contributed by atoms with Crippen LogP contribution >= 0.6 is 0 Å². The van der Waals surface area contributed by atoms with Crippen LogP contribution in [0.1, 0.15) is 10.4 Å². The summed E-state index contributed by atoms with van der Waals surface area (Å²) in [7, 11) is 0. The fraction of sp³-hybridized carbons (Fsp3) is 0.333. The molecule has 0 aliphatic carbocycles. The molecule has 1 rings (SSSR count). The third kappa shape index (κ3) is 3.60. The van der Waals surface area contributed by atoms with Gasteiger partial charge in [0.2, 0.25) is 0 Å². The van der Waals surface area contributed by atoms with Crippen molar-refractivity contribution >= 4 is 17.4 Å². The standard InChI is InChI=1S/C12H9F7N2O2/c13-10(14,11(15,16)12(17,18)19)9(23)21-7-3-1-6(2-4-7)8(22)5-20/h1-4H,5,20H2,(H,21,23). The van der Waals surface area contributed by atoms with Gasteiger partial charge in [-0.3, -0.25) is 9.59 Å². The number of halogens is 7. The van der Waals surface area contributed by atoms with Crippen LogP contribution in [0.3, 0.4) is 0 Å². The number of amides is 1. The summed E-state index contributed by atoms with van der Waals surface area (Å²) in [6, 6.07) is 3.82. The van der Waals surface area contributed by atoms with E-state index in [9.17, 15) is 40.3 Å². The Bertz CT molecular complexity index is 596. The van der Waals surface area contributed by atoms with E-state index in [1.54, 1.807) is 0 Å². The first-order valence-electron chi connectivity index (χ1n) is 5.81. The molecule has 0 spiro atoms. The molecule has 0 radical (unpaired) electrons. The van der Waals surface area contributed by atoms with Gasteiger partial charge in [0.25, 0.3) is 0 Å². The number of rotatable bonds is 5. The van der Waals surface area contributed by atoms with Crippen molar-refractivity contribution in [2.45, 2.75) is 18.0 Å². The monoisotopic (exact) mass is 346 g/mol. The molecule has 23 heavy (non-hydrogen) atoms. The van der Waals surface area contributed by atoms with E-state index in [2.05, 4.69) is 0 Å². The number of carbonyl (C=O) groups excluding carboxylic acids is 2. The number of ketones is 1. The highest BCUT2D eigenvalue weighted by Crippen LogP contribution is 2.46. The molecule has 0 saturated carbocycles. The minimum absolute atomic E-state index is 0.0397. The molecule has 0 bridgehead atoms. The molecule has 3 N–H and O–H groups in total. The second-order valence-corrected chi connectivity index (χ2v) is 4.31. The molecule has 1 amide bonds. The van der Waals surface area contributed by atoms with Crippen molar-refractivity contribution in [2.75, 3.05) is 11.9 Å². The molecule has 0 heterocycles. The van der Waals surface area contributed by atoms with Gasteiger partial charge in [-0.25, -0.2) is 0 Å². The van der Waals surface area contributed by atoms with Gasteiger partial charge in [0.05, 0.1) is 6.54 Å². The van der Waals surface area contributed by atoms with E-state index in [4.69, 9.17) is 5.73 Å². The van der Waals surface area contributed by atoms with Gasteiger partial charge in [0.15, 0.2) is 5.78 Å². The molecule has 1 aromatic rings. The third-order valence-electron chi connectivity index (χ3n) is 2.69. The molecule has 0 aliphatic rings. The summed E-state index contributed by atoms with van der Waals surface area (Å²) in [6.45, 7) is -0.360. The largest absolute Gasteiger partial charge is 0.460 e. The van der Waals surface area contributed by atoms with Crippen LogP contribution in [0.2, 0.25) is 0 Å². The first-order valence-corrected chi connectivity index (χ1v) is 5.81. The van der Waals surface area contributed by atoms with Gasteiger partial charge in [-0.15, -0.1) is 0 Å². The average Bonchev–Trinajstić information content (AvgIpc) is 2.45. The lowest BCUT2D eigenvalue weighted by Crippen LogP contribution is -2.57. The van der Waals surface area contributed by atoms with E-state index in [0.29, 0.717) is 0 Å². The molecule has 0 unspecified atom stereocenters. The summed E-state index contributed by atoms with van der Waals surface area (Å²) in [5.41, 5.74) is 4.60. The van der Waals surface area contributed by atoms with E-state index in [-0.39, 0.29) is 12.1 Å². The molecular formula is C12H9F7N2O2. The van der Waals surface area contributed by atoms with E-state index < -0.39 is 35.4 Å². The number of benzene rings is 1. The van der Waals surface area contributed by atoms with Gasteiger partial charge in [0.1, 0.15) is 0 Å². The van der Waals surface area contributed by atoms with Gasteiger partial charge in [-0.05, 0) is 24.3 Å². The molecule has 128 valence electrons. The summed E-state index contributed by atoms with van der Waals surface area (Å²) < 4.78 is 87.4. The minimum Gasteiger partial charge on any atom is -0.324 e. The molecule has 0 fully saturated rings. The molecule has 0 aromatic heterocycles. The second-order valence-electron chi connectivity index (χ2n) is 4.31. The molecule has 4 nitrogen and oxygen atoms in total. The van der Waals surface area contributed by atoms with Crippen LogP contribution in [0, 0.1) is 0 Å². The highest BCUT2D eigenvalue weighted by Gasteiger charge is 2.76. The van der Waals surface area contributed by atoms with Gasteiger partial charge in [-0.1, -0.05) is 0 Å². The van der Waals surface area contributed by atoms with Gasteiger partial charge in [0, 0.05) is 11.3 Å². The maximum absolute atomic E-state index is 13.1. The van der Waals surface area contributed by atoms with Crippen molar-refractivity contribution in [1.29, 1.82) is 0 Å². The Morgan fingerprint density at radius 3 is 1.83 bits per heavy atom. The summed E-state index contributed by atoms with van der Waals surface area (Å²) in [5.74, 6) is -15.9. The predicted octanol–water partition coefficient (Wildman–Crippen LogP) is 2.60. The van der Waals surface area contributed by atoms with E-state index >= 15 is 0 Å². The average molecular weight is 346 g/mol. The van der Waals surface area contributed by atoms with Crippen molar-refractivity contribution in [1.82, 2.24) is 0 Å². The number of carbonyl (C=O) groups is 2.